The zero-order valence-electron chi connectivity index (χ0n) is 11.1. The summed E-state index contributed by atoms with van der Waals surface area (Å²) in [4.78, 5) is 4.43. The Morgan fingerprint density at radius 3 is 2.63 bits per heavy atom. The summed E-state index contributed by atoms with van der Waals surface area (Å²) >= 11 is 0. The van der Waals surface area contributed by atoms with Gasteiger partial charge in [0.25, 0.3) is 0 Å². The number of aromatic nitrogens is 1. The van der Waals surface area contributed by atoms with Gasteiger partial charge in [0.05, 0.1) is 5.69 Å². The number of rotatable bonds is 4. The molecule has 3 nitrogen and oxygen atoms in total. The Labute approximate surface area is 112 Å². The molecule has 2 N–H and O–H groups in total. The molecule has 0 aliphatic heterocycles. The summed E-state index contributed by atoms with van der Waals surface area (Å²) in [6.45, 7) is 4.18. The third kappa shape index (κ3) is 3.09. The Morgan fingerprint density at radius 2 is 1.95 bits per heavy atom. The first-order chi connectivity index (χ1) is 9.13. The van der Waals surface area contributed by atoms with Gasteiger partial charge in [-0.3, -0.25) is 4.98 Å². The van der Waals surface area contributed by atoms with E-state index >= 15 is 0 Å². The van der Waals surface area contributed by atoms with Crippen molar-refractivity contribution in [2.45, 2.75) is 26.8 Å². The zero-order chi connectivity index (χ0) is 13.8. The first-order valence-electron chi connectivity index (χ1n) is 6.27. The molecule has 100 valence electrons. The van der Waals surface area contributed by atoms with Gasteiger partial charge >= 0.3 is 0 Å². The van der Waals surface area contributed by atoms with E-state index in [1.807, 2.05) is 26.0 Å². The Bertz CT molecular complexity index is 533. The fourth-order valence-electron chi connectivity index (χ4n) is 1.87. The van der Waals surface area contributed by atoms with Gasteiger partial charge in [-0.05, 0) is 43.7 Å². The summed E-state index contributed by atoms with van der Waals surface area (Å²) in [6, 6.07) is 8.12. The Balaban J connectivity index is 2.36. The van der Waals surface area contributed by atoms with Gasteiger partial charge in [-0.1, -0.05) is 6.92 Å². The average molecular weight is 260 g/mol. The average Bonchev–Trinajstić information content (AvgIpc) is 2.42. The third-order valence-electron chi connectivity index (χ3n) is 2.87. The van der Waals surface area contributed by atoms with Gasteiger partial charge in [-0.15, -0.1) is 0 Å². The van der Waals surface area contributed by atoms with Crippen molar-refractivity contribution >= 4 is 0 Å². The molecule has 1 aromatic heterocycles. The molecule has 4 heteroatoms. The highest BCUT2D eigenvalue weighted by atomic mass is 19.1. The van der Waals surface area contributed by atoms with Crippen LogP contribution >= 0.6 is 0 Å². The number of pyridine rings is 1. The van der Waals surface area contributed by atoms with E-state index in [1.165, 1.54) is 12.1 Å². The van der Waals surface area contributed by atoms with Gasteiger partial charge in [0.15, 0.2) is 0 Å². The van der Waals surface area contributed by atoms with Crippen molar-refractivity contribution < 1.29 is 9.13 Å². The van der Waals surface area contributed by atoms with E-state index in [2.05, 4.69) is 4.98 Å². The molecule has 1 aromatic carbocycles. The number of aryl methyl sites for hydroxylation is 2. The predicted molar refractivity (Wildman–Crippen MR) is 72.7 cm³/mol. The van der Waals surface area contributed by atoms with Gasteiger partial charge in [0.2, 0.25) is 0 Å². The highest BCUT2D eigenvalue weighted by Gasteiger charge is 2.09. The number of ether oxygens (including phenoxy) is 1. The Hall–Kier alpha value is -1.94. The lowest BCUT2D eigenvalue weighted by Crippen LogP contribution is -2.02. The summed E-state index contributed by atoms with van der Waals surface area (Å²) < 4.78 is 19.0. The zero-order valence-corrected chi connectivity index (χ0v) is 11.1. The first-order valence-corrected chi connectivity index (χ1v) is 6.27. The maximum atomic E-state index is 13.1. The molecular formula is C15H17FN2O. The fraction of sp³-hybridized carbons (Fsp3) is 0.267. The van der Waals surface area contributed by atoms with Crippen LogP contribution in [0.2, 0.25) is 0 Å². The number of benzene rings is 1. The molecular weight excluding hydrogens is 243 g/mol. The molecule has 0 aliphatic rings. The van der Waals surface area contributed by atoms with E-state index in [0.717, 1.165) is 17.8 Å². The van der Waals surface area contributed by atoms with Crippen LogP contribution < -0.4 is 10.5 Å². The highest BCUT2D eigenvalue weighted by molar-refractivity contribution is 5.40. The van der Waals surface area contributed by atoms with Crippen molar-refractivity contribution in [2.75, 3.05) is 0 Å². The minimum absolute atomic E-state index is 0.230. The topological polar surface area (TPSA) is 48.1 Å². The van der Waals surface area contributed by atoms with E-state index in [4.69, 9.17) is 10.5 Å². The van der Waals surface area contributed by atoms with Gasteiger partial charge in [-0.25, -0.2) is 4.39 Å². The molecule has 0 radical (unpaired) electrons. The van der Waals surface area contributed by atoms with Crippen LogP contribution in [0.15, 0.2) is 30.3 Å². The van der Waals surface area contributed by atoms with Crippen LogP contribution in [-0.2, 0) is 13.0 Å². The summed E-state index contributed by atoms with van der Waals surface area (Å²) in [5.41, 5.74) is 8.08. The first kappa shape index (κ1) is 13.5. The number of halogens is 1. The fourth-order valence-corrected chi connectivity index (χ4v) is 1.87. The van der Waals surface area contributed by atoms with Crippen LogP contribution in [0.3, 0.4) is 0 Å². The minimum atomic E-state index is -0.314. The Morgan fingerprint density at radius 1 is 1.21 bits per heavy atom. The van der Waals surface area contributed by atoms with Crippen molar-refractivity contribution in [3.63, 3.8) is 0 Å². The lowest BCUT2D eigenvalue weighted by atomic mass is 10.2. The van der Waals surface area contributed by atoms with Gasteiger partial charge in [0, 0.05) is 17.8 Å². The second kappa shape index (κ2) is 5.80. The maximum absolute atomic E-state index is 13.1. The lowest BCUT2D eigenvalue weighted by molar-refractivity contribution is 0.464. The monoisotopic (exact) mass is 260 g/mol. The predicted octanol–water partition coefficient (Wildman–Crippen LogP) is 3.34. The molecule has 0 saturated heterocycles. The molecule has 0 bridgehead atoms. The van der Waals surface area contributed by atoms with Crippen LogP contribution in [0.4, 0.5) is 4.39 Å². The smallest absolute Gasteiger partial charge is 0.148 e. The largest absolute Gasteiger partial charge is 0.455 e. The number of nitrogens with two attached hydrogens (primary N) is 1. The number of hydrogen-bond acceptors (Lipinski definition) is 3. The van der Waals surface area contributed by atoms with Gasteiger partial charge in [-0.2, -0.15) is 0 Å². The SMILES string of the molecule is CCc1nc(C)ccc1Oc1ccc(F)cc1CN. The van der Waals surface area contributed by atoms with Crippen molar-refractivity contribution in [1.82, 2.24) is 4.98 Å². The second-order valence-corrected chi connectivity index (χ2v) is 4.31. The summed E-state index contributed by atoms with van der Waals surface area (Å²) in [5.74, 6) is 0.948. The molecule has 0 atom stereocenters. The molecule has 19 heavy (non-hydrogen) atoms. The van der Waals surface area contributed by atoms with Crippen LogP contribution in [0.1, 0.15) is 23.9 Å². The molecule has 1 heterocycles. The molecule has 2 aromatic rings. The molecule has 0 spiro atoms. The molecule has 0 aliphatic carbocycles. The molecule has 0 unspecified atom stereocenters. The Kier molecular flexibility index (Phi) is 4.12. The molecule has 0 saturated carbocycles. The van der Waals surface area contributed by atoms with E-state index < -0.39 is 0 Å². The van der Waals surface area contributed by atoms with E-state index in [9.17, 15) is 4.39 Å². The van der Waals surface area contributed by atoms with Crippen LogP contribution in [0, 0.1) is 12.7 Å². The number of hydrogen-bond donors (Lipinski definition) is 1. The van der Waals surface area contributed by atoms with Crippen molar-refractivity contribution in [3.05, 3.63) is 53.1 Å². The normalized spacial score (nSPS) is 10.5. The second-order valence-electron chi connectivity index (χ2n) is 4.31. The summed E-state index contributed by atoms with van der Waals surface area (Å²) in [7, 11) is 0. The van der Waals surface area contributed by atoms with Crippen molar-refractivity contribution in [2.24, 2.45) is 5.73 Å². The van der Waals surface area contributed by atoms with Crippen LogP contribution in [-0.4, -0.2) is 4.98 Å². The van der Waals surface area contributed by atoms with Crippen molar-refractivity contribution in [1.29, 1.82) is 0 Å². The summed E-state index contributed by atoms with van der Waals surface area (Å²) in [5, 5.41) is 0. The standard InChI is InChI=1S/C15H17FN2O/c1-3-13-15(6-4-10(2)18-13)19-14-7-5-12(16)8-11(14)9-17/h4-8H,3,9,17H2,1-2H3. The lowest BCUT2D eigenvalue weighted by Gasteiger charge is -2.13. The van der Waals surface area contributed by atoms with E-state index in [-0.39, 0.29) is 12.4 Å². The van der Waals surface area contributed by atoms with Crippen molar-refractivity contribution in [3.8, 4) is 11.5 Å². The molecule has 2 rings (SSSR count). The molecule has 0 amide bonds. The number of nitrogens with zero attached hydrogens (tertiary/aromatic N) is 1. The van der Waals surface area contributed by atoms with Crippen LogP contribution in [0.25, 0.3) is 0 Å². The van der Waals surface area contributed by atoms with E-state index in [0.29, 0.717) is 17.1 Å². The van der Waals surface area contributed by atoms with Gasteiger partial charge < -0.3 is 10.5 Å². The molecule has 0 fully saturated rings. The quantitative estimate of drug-likeness (QED) is 0.917. The van der Waals surface area contributed by atoms with Crippen LogP contribution in [0.5, 0.6) is 11.5 Å². The van der Waals surface area contributed by atoms with E-state index in [1.54, 1.807) is 6.07 Å². The minimum Gasteiger partial charge on any atom is -0.455 e. The maximum Gasteiger partial charge on any atom is 0.148 e. The third-order valence-corrected chi connectivity index (χ3v) is 2.87. The highest BCUT2D eigenvalue weighted by Crippen LogP contribution is 2.28. The summed E-state index contributed by atoms with van der Waals surface area (Å²) in [6.07, 6.45) is 0.774. The van der Waals surface area contributed by atoms with Gasteiger partial charge in [0.1, 0.15) is 17.3 Å².